The number of benzene rings is 1. The Bertz CT molecular complexity index is 440. The maximum Gasteiger partial charge on any atom is 0.220 e. The van der Waals surface area contributed by atoms with E-state index in [0.717, 1.165) is 12.3 Å². The molecule has 3 nitrogen and oxygen atoms in total. The standard InChI is InChI=1S/C16H26N2OS.ClH/c1-5-17-14(4)11-18-16(19)8-9-20-15-7-6-12(2)13(3)10-15;/h6-7,10,14,17H,5,8-9,11H2,1-4H3,(H,18,19);1H/t14-;/m1./s1. The van der Waals surface area contributed by atoms with Crippen molar-refractivity contribution >= 4 is 30.1 Å². The summed E-state index contributed by atoms with van der Waals surface area (Å²) in [5.74, 6) is 0.954. The average Bonchev–Trinajstić information content (AvgIpc) is 2.41. The molecule has 1 amide bonds. The number of nitrogens with one attached hydrogen (secondary N) is 2. The van der Waals surface area contributed by atoms with Crippen molar-refractivity contribution in [3.8, 4) is 0 Å². The zero-order chi connectivity index (χ0) is 15.0. The molecule has 0 aliphatic rings. The van der Waals surface area contributed by atoms with Crippen molar-refractivity contribution < 1.29 is 4.79 Å². The highest BCUT2D eigenvalue weighted by Crippen LogP contribution is 2.21. The molecule has 0 aliphatic carbocycles. The minimum absolute atomic E-state index is 0. The molecule has 0 unspecified atom stereocenters. The predicted molar refractivity (Wildman–Crippen MR) is 94.7 cm³/mol. The molecule has 0 heterocycles. The number of carbonyl (C=O) groups is 1. The number of hydrogen-bond donors (Lipinski definition) is 2. The minimum Gasteiger partial charge on any atom is -0.355 e. The molecular formula is C16H27ClN2OS. The molecule has 5 heteroatoms. The number of thioether (sulfide) groups is 1. The van der Waals surface area contributed by atoms with Crippen LogP contribution in [0.25, 0.3) is 0 Å². The van der Waals surface area contributed by atoms with Crippen LogP contribution < -0.4 is 10.6 Å². The van der Waals surface area contributed by atoms with E-state index >= 15 is 0 Å². The van der Waals surface area contributed by atoms with E-state index in [2.05, 4.69) is 56.5 Å². The molecule has 21 heavy (non-hydrogen) atoms. The van der Waals surface area contributed by atoms with Crippen LogP contribution in [0.4, 0.5) is 0 Å². The number of hydrogen-bond acceptors (Lipinski definition) is 3. The second kappa shape index (κ2) is 10.9. The molecule has 0 saturated heterocycles. The molecule has 0 bridgehead atoms. The Morgan fingerprint density at radius 2 is 2.00 bits per heavy atom. The van der Waals surface area contributed by atoms with Gasteiger partial charge in [0.1, 0.15) is 0 Å². The van der Waals surface area contributed by atoms with Crippen LogP contribution in [0.3, 0.4) is 0 Å². The minimum atomic E-state index is 0. The van der Waals surface area contributed by atoms with Gasteiger partial charge in [-0.3, -0.25) is 4.79 Å². The first kappa shape index (κ1) is 20.3. The summed E-state index contributed by atoms with van der Waals surface area (Å²) in [5.41, 5.74) is 2.61. The molecule has 2 N–H and O–H groups in total. The van der Waals surface area contributed by atoms with Gasteiger partial charge in [0.25, 0.3) is 0 Å². The summed E-state index contributed by atoms with van der Waals surface area (Å²) in [6.45, 7) is 10.0. The third-order valence-electron chi connectivity index (χ3n) is 3.23. The van der Waals surface area contributed by atoms with E-state index in [1.54, 1.807) is 11.8 Å². The van der Waals surface area contributed by atoms with Gasteiger partial charge in [0.15, 0.2) is 0 Å². The molecule has 0 spiro atoms. The van der Waals surface area contributed by atoms with Gasteiger partial charge in [-0.1, -0.05) is 13.0 Å². The number of amides is 1. The first-order valence-corrected chi connectivity index (χ1v) is 8.21. The summed E-state index contributed by atoms with van der Waals surface area (Å²) in [5, 5.41) is 6.23. The Balaban J connectivity index is 0.00000400. The van der Waals surface area contributed by atoms with Gasteiger partial charge in [-0.15, -0.1) is 24.2 Å². The van der Waals surface area contributed by atoms with E-state index < -0.39 is 0 Å². The highest BCUT2D eigenvalue weighted by atomic mass is 35.5. The predicted octanol–water partition coefficient (Wildman–Crippen LogP) is 3.32. The lowest BCUT2D eigenvalue weighted by molar-refractivity contribution is -0.120. The monoisotopic (exact) mass is 330 g/mol. The lowest BCUT2D eigenvalue weighted by atomic mass is 10.1. The summed E-state index contributed by atoms with van der Waals surface area (Å²) in [4.78, 5) is 12.9. The number of halogens is 1. The van der Waals surface area contributed by atoms with Crippen molar-refractivity contribution in [1.29, 1.82) is 0 Å². The van der Waals surface area contributed by atoms with Crippen molar-refractivity contribution in [2.24, 2.45) is 0 Å². The Labute approximate surface area is 139 Å². The van der Waals surface area contributed by atoms with Gasteiger partial charge in [-0.2, -0.15) is 0 Å². The summed E-state index contributed by atoms with van der Waals surface area (Å²) in [6.07, 6.45) is 0.566. The van der Waals surface area contributed by atoms with Gasteiger partial charge in [0.05, 0.1) is 0 Å². The van der Waals surface area contributed by atoms with Crippen molar-refractivity contribution in [2.75, 3.05) is 18.8 Å². The Kier molecular flexibility index (Phi) is 10.6. The normalized spacial score (nSPS) is 11.6. The number of rotatable bonds is 8. The van der Waals surface area contributed by atoms with Gasteiger partial charge in [-0.25, -0.2) is 0 Å². The summed E-state index contributed by atoms with van der Waals surface area (Å²) in [6, 6.07) is 6.77. The maximum absolute atomic E-state index is 11.7. The zero-order valence-corrected chi connectivity index (χ0v) is 15.0. The van der Waals surface area contributed by atoms with Crippen LogP contribution in [-0.4, -0.2) is 30.8 Å². The largest absolute Gasteiger partial charge is 0.355 e. The van der Waals surface area contributed by atoms with Crippen molar-refractivity contribution in [2.45, 2.75) is 45.1 Å². The average molecular weight is 331 g/mol. The zero-order valence-electron chi connectivity index (χ0n) is 13.4. The summed E-state index contributed by atoms with van der Waals surface area (Å²) >= 11 is 1.74. The highest BCUT2D eigenvalue weighted by molar-refractivity contribution is 7.99. The molecule has 1 aromatic rings. The lowest BCUT2D eigenvalue weighted by Crippen LogP contribution is -2.38. The van der Waals surface area contributed by atoms with Gasteiger partial charge >= 0.3 is 0 Å². The Hall–Kier alpha value is -0.710. The van der Waals surface area contributed by atoms with E-state index in [-0.39, 0.29) is 18.3 Å². The van der Waals surface area contributed by atoms with Crippen LogP contribution >= 0.6 is 24.2 Å². The van der Waals surface area contributed by atoms with Crippen LogP contribution in [-0.2, 0) is 4.79 Å². The fourth-order valence-electron chi connectivity index (χ4n) is 1.84. The third kappa shape index (κ3) is 8.34. The van der Waals surface area contributed by atoms with Crippen LogP contribution in [0.1, 0.15) is 31.4 Å². The molecule has 0 radical (unpaired) electrons. The second-order valence-corrected chi connectivity index (χ2v) is 6.28. The highest BCUT2D eigenvalue weighted by Gasteiger charge is 2.05. The van der Waals surface area contributed by atoms with E-state index in [4.69, 9.17) is 0 Å². The molecule has 120 valence electrons. The number of aryl methyl sites for hydroxylation is 2. The van der Waals surface area contributed by atoms with Crippen LogP contribution in [0.15, 0.2) is 23.1 Å². The van der Waals surface area contributed by atoms with Crippen molar-refractivity contribution in [1.82, 2.24) is 10.6 Å². The number of likely N-dealkylation sites (N-methyl/N-ethyl adjacent to an activating group) is 1. The fourth-order valence-corrected chi connectivity index (χ4v) is 2.79. The maximum atomic E-state index is 11.7. The first-order valence-electron chi connectivity index (χ1n) is 7.23. The molecule has 1 aromatic carbocycles. The smallest absolute Gasteiger partial charge is 0.220 e. The van der Waals surface area contributed by atoms with Gasteiger partial charge < -0.3 is 10.6 Å². The van der Waals surface area contributed by atoms with Crippen molar-refractivity contribution in [3.63, 3.8) is 0 Å². The molecular weight excluding hydrogens is 304 g/mol. The van der Waals surface area contributed by atoms with E-state index in [9.17, 15) is 4.79 Å². The Morgan fingerprint density at radius 3 is 2.62 bits per heavy atom. The van der Waals surface area contributed by atoms with Gasteiger partial charge in [0, 0.05) is 29.7 Å². The second-order valence-electron chi connectivity index (χ2n) is 5.11. The molecule has 0 aliphatic heterocycles. The van der Waals surface area contributed by atoms with Gasteiger partial charge in [-0.05, 0) is 50.6 Å². The Morgan fingerprint density at radius 1 is 1.29 bits per heavy atom. The molecule has 0 saturated carbocycles. The molecule has 1 atom stereocenters. The van der Waals surface area contributed by atoms with E-state index in [1.807, 2.05) is 0 Å². The first-order chi connectivity index (χ1) is 9.52. The summed E-state index contributed by atoms with van der Waals surface area (Å²) < 4.78 is 0. The topological polar surface area (TPSA) is 41.1 Å². The van der Waals surface area contributed by atoms with Crippen LogP contribution in [0.5, 0.6) is 0 Å². The third-order valence-corrected chi connectivity index (χ3v) is 4.23. The van der Waals surface area contributed by atoms with E-state index in [1.165, 1.54) is 16.0 Å². The molecule has 1 rings (SSSR count). The fraction of sp³-hybridized carbons (Fsp3) is 0.562. The summed E-state index contributed by atoms with van der Waals surface area (Å²) in [7, 11) is 0. The van der Waals surface area contributed by atoms with Crippen LogP contribution in [0, 0.1) is 13.8 Å². The molecule has 0 fully saturated rings. The van der Waals surface area contributed by atoms with Gasteiger partial charge in [0.2, 0.25) is 5.91 Å². The lowest BCUT2D eigenvalue weighted by Gasteiger charge is -2.13. The van der Waals surface area contributed by atoms with Crippen molar-refractivity contribution in [3.05, 3.63) is 29.3 Å². The van der Waals surface area contributed by atoms with Crippen LogP contribution in [0.2, 0.25) is 0 Å². The van der Waals surface area contributed by atoms with E-state index in [0.29, 0.717) is 19.0 Å². The molecule has 0 aromatic heterocycles. The quantitative estimate of drug-likeness (QED) is 0.718. The SMILES string of the molecule is CCN[C@H](C)CNC(=O)CCSc1ccc(C)c(C)c1.Cl. The number of carbonyl (C=O) groups excluding carboxylic acids is 1.